The third kappa shape index (κ3) is 5.01. The van der Waals surface area contributed by atoms with E-state index in [1.54, 1.807) is 0 Å². The summed E-state index contributed by atoms with van der Waals surface area (Å²) in [6.45, 7) is -0.456. The number of hydrogen-bond acceptors (Lipinski definition) is 5. The molecule has 0 bridgehead atoms. The Hall–Kier alpha value is -3.39. The maximum Gasteiger partial charge on any atom is 0.407 e. The van der Waals surface area contributed by atoms with Crippen molar-refractivity contribution in [1.29, 1.82) is 0 Å². The van der Waals surface area contributed by atoms with Crippen LogP contribution >= 0.6 is 0 Å². The van der Waals surface area contributed by atoms with Gasteiger partial charge < -0.3 is 25.6 Å². The van der Waals surface area contributed by atoms with Crippen molar-refractivity contribution in [3.05, 3.63) is 59.7 Å². The highest BCUT2D eigenvalue weighted by atomic mass is 16.5. The molecule has 2 aliphatic carbocycles. The standard InChI is InChI=1S/C25H28N2O6/c28-13-22(24(30)31)27-23(29)15-6-5-7-16(12-15)26-25(32)33-14-21-19-10-3-1-8-17(19)18-9-2-4-11-20(18)21/h1-4,8-11,15-16,21-22,28H,5-7,12-14H2,(H,26,32)(H,27,29)(H,30,31)/t15-,16-,22+/m1/s1. The van der Waals surface area contributed by atoms with Gasteiger partial charge in [0.2, 0.25) is 5.91 Å². The SMILES string of the molecule is O=C(N[C@@H]1CCC[C@@H](C(=O)N[C@@H](CO)C(=O)O)C1)OCC1c2ccccc2-c2ccccc21. The van der Waals surface area contributed by atoms with E-state index in [0.717, 1.165) is 35.1 Å². The van der Waals surface area contributed by atoms with E-state index < -0.39 is 36.5 Å². The molecule has 1 fully saturated rings. The summed E-state index contributed by atoms with van der Waals surface area (Å²) in [4.78, 5) is 36.0. The number of benzene rings is 2. The molecule has 4 N–H and O–H groups in total. The van der Waals surface area contributed by atoms with Gasteiger partial charge >= 0.3 is 12.1 Å². The summed E-state index contributed by atoms with van der Waals surface area (Å²) >= 11 is 0. The smallest absolute Gasteiger partial charge is 0.407 e. The first-order chi connectivity index (χ1) is 16.0. The van der Waals surface area contributed by atoms with Gasteiger partial charge in [-0.25, -0.2) is 9.59 Å². The van der Waals surface area contributed by atoms with Crippen LogP contribution in [0.4, 0.5) is 4.79 Å². The molecule has 0 aromatic heterocycles. The minimum atomic E-state index is -1.33. The van der Waals surface area contributed by atoms with Crippen molar-refractivity contribution >= 4 is 18.0 Å². The van der Waals surface area contributed by atoms with E-state index in [1.807, 2.05) is 24.3 Å². The van der Waals surface area contributed by atoms with Gasteiger partial charge in [-0.1, -0.05) is 55.0 Å². The monoisotopic (exact) mass is 452 g/mol. The number of carbonyl (C=O) groups excluding carboxylic acids is 2. The summed E-state index contributed by atoms with van der Waals surface area (Å²) in [5.41, 5.74) is 4.59. The Morgan fingerprint density at radius 2 is 1.64 bits per heavy atom. The average molecular weight is 453 g/mol. The number of ether oxygens (including phenoxy) is 1. The van der Waals surface area contributed by atoms with Gasteiger partial charge in [0.05, 0.1) is 6.61 Å². The Morgan fingerprint density at radius 3 is 2.24 bits per heavy atom. The van der Waals surface area contributed by atoms with Gasteiger partial charge in [0.15, 0.2) is 0 Å². The first-order valence-corrected chi connectivity index (χ1v) is 11.2. The predicted octanol–water partition coefficient (Wildman–Crippen LogP) is 2.65. The molecule has 0 aliphatic heterocycles. The van der Waals surface area contributed by atoms with Crippen LogP contribution in [0.25, 0.3) is 11.1 Å². The third-order valence-corrected chi connectivity index (χ3v) is 6.51. The maximum atomic E-state index is 12.5. The fourth-order valence-corrected chi connectivity index (χ4v) is 4.84. The van der Waals surface area contributed by atoms with E-state index >= 15 is 0 Å². The van der Waals surface area contributed by atoms with Crippen LogP contribution in [-0.2, 0) is 14.3 Å². The van der Waals surface area contributed by atoms with E-state index in [0.29, 0.717) is 12.8 Å². The van der Waals surface area contributed by atoms with Crippen LogP contribution in [0.5, 0.6) is 0 Å². The number of aliphatic hydroxyl groups excluding tert-OH is 1. The summed E-state index contributed by atoms with van der Waals surface area (Å²) in [6.07, 6.45) is 1.92. The molecule has 2 amide bonds. The van der Waals surface area contributed by atoms with Crippen molar-refractivity contribution in [2.45, 2.75) is 43.7 Å². The van der Waals surface area contributed by atoms with Crippen LogP contribution < -0.4 is 10.6 Å². The van der Waals surface area contributed by atoms with E-state index in [-0.39, 0.29) is 18.6 Å². The predicted molar refractivity (Wildman–Crippen MR) is 121 cm³/mol. The van der Waals surface area contributed by atoms with Crippen molar-refractivity contribution < 1.29 is 29.3 Å². The zero-order valence-corrected chi connectivity index (χ0v) is 18.2. The Labute approximate surface area is 192 Å². The number of carboxylic acid groups (broad SMARTS) is 1. The van der Waals surface area contributed by atoms with E-state index in [2.05, 4.69) is 34.9 Å². The molecule has 3 atom stereocenters. The largest absolute Gasteiger partial charge is 0.480 e. The third-order valence-electron chi connectivity index (χ3n) is 6.51. The molecule has 0 heterocycles. The number of amides is 2. The molecule has 2 aromatic carbocycles. The second kappa shape index (κ2) is 10.0. The summed E-state index contributed by atoms with van der Waals surface area (Å²) in [7, 11) is 0. The molecular weight excluding hydrogens is 424 g/mol. The quantitative estimate of drug-likeness (QED) is 0.512. The summed E-state index contributed by atoms with van der Waals surface area (Å²) < 4.78 is 5.59. The van der Waals surface area contributed by atoms with E-state index in [9.17, 15) is 14.4 Å². The number of aliphatic hydroxyl groups is 1. The number of nitrogens with one attached hydrogen (secondary N) is 2. The lowest BCUT2D eigenvalue weighted by Gasteiger charge is -2.29. The fourth-order valence-electron chi connectivity index (χ4n) is 4.84. The molecule has 2 aliphatic rings. The highest BCUT2D eigenvalue weighted by Crippen LogP contribution is 2.44. The van der Waals surface area contributed by atoms with Gasteiger partial charge in [0.1, 0.15) is 12.6 Å². The van der Waals surface area contributed by atoms with Gasteiger partial charge in [-0.2, -0.15) is 0 Å². The first kappa shape index (κ1) is 22.8. The van der Waals surface area contributed by atoms with Crippen molar-refractivity contribution in [2.75, 3.05) is 13.2 Å². The normalized spacial score (nSPS) is 20.3. The van der Waals surface area contributed by atoms with Crippen molar-refractivity contribution in [3.8, 4) is 11.1 Å². The molecule has 0 unspecified atom stereocenters. The highest BCUT2D eigenvalue weighted by molar-refractivity contribution is 5.85. The molecule has 8 nitrogen and oxygen atoms in total. The van der Waals surface area contributed by atoms with Gasteiger partial charge in [0.25, 0.3) is 0 Å². The Balaban J connectivity index is 1.32. The zero-order valence-electron chi connectivity index (χ0n) is 18.2. The summed E-state index contributed by atoms with van der Waals surface area (Å²) in [5.74, 6) is -2.16. The van der Waals surface area contributed by atoms with Gasteiger partial charge in [-0.3, -0.25) is 4.79 Å². The molecule has 2 aromatic rings. The number of carboxylic acids is 1. The van der Waals surface area contributed by atoms with Crippen LogP contribution in [0, 0.1) is 5.92 Å². The van der Waals surface area contributed by atoms with E-state index in [1.165, 1.54) is 0 Å². The molecule has 174 valence electrons. The molecule has 33 heavy (non-hydrogen) atoms. The molecule has 0 radical (unpaired) electrons. The molecule has 8 heteroatoms. The van der Waals surface area contributed by atoms with E-state index in [4.69, 9.17) is 14.9 Å². The second-order valence-corrected chi connectivity index (χ2v) is 8.61. The molecule has 0 spiro atoms. The Morgan fingerprint density at radius 1 is 1.00 bits per heavy atom. The Kier molecular flexibility index (Phi) is 6.93. The minimum absolute atomic E-state index is 0.0283. The maximum absolute atomic E-state index is 12.5. The number of aliphatic carboxylic acids is 1. The molecule has 4 rings (SSSR count). The van der Waals surface area contributed by atoms with Crippen LogP contribution in [-0.4, -0.2) is 53.5 Å². The lowest BCUT2D eigenvalue weighted by Crippen LogP contribution is -2.48. The van der Waals surface area contributed by atoms with Crippen LogP contribution in [0.2, 0.25) is 0 Å². The number of rotatable bonds is 7. The average Bonchev–Trinajstić information content (AvgIpc) is 3.14. The molecule has 0 saturated heterocycles. The number of alkyl carbamates (subject to hydrolysis) is 1. The highest BCUT2D eigenvalue weighted by Gasteiger charge is 2.32. The lowest BCUT2D eigenvalue weighted by atomic mass is 9.85. The minimum Gasteiger partial charge on any atom is -0.480 e. The van der Waals surface area contributed by atoms with Gasteiger partial charge in [-0.05, 0) is 41.5 Å². The van der Waals surface area contributed by atoms with Crippen LogP contribution in [0.1, 0.15) is 42.7 Å². The fraction of sp³-hybridized carbons (Fsp3) is 0.400. The zero-order chi connectivity index (χ0) is 23.4. The summed E-state index contributed by atoms with van der Waals surface area (Å²) in [6, 6.07) is 14.7. The molecule has 1 saturated carbocycles. The van der Waals surface area contributed by atoms with Crippen LogP contribution in [0.15, 0.2) is 48.5 Å². The van der Waals surface area contributed by atoms with Gasteiger partial charge in [0, 0.05) is 17.9 Å². The topological polar surface area (TPSA) is 125 Å². The summed E-state index contributed by atoms with van der Waals surface area (Å²) in [5, 5.41) is 23.3. The second-order valence-electron chi connectivity index (χ2n) is 8.61. The van der Waals surface area contributed by atoms with Crippen LogP contribution in [0.3, 0.4) is 0 Å². The number of carbonyl (C=O) groups is 3. The van der Waals surface area contributed by atoms with Crippen molar-refractivity contribution in [3.63, 3.8) is 0 Å². The van der Waals surface area contributed by atoms with Crippen molar-refractivity contribution in [1.82, 2.24) is 10.6 Å². The van der Waals surface area contributed by atoms with Crippen molar-refractivity contribution in [2.24, 2.45) is 5.92 Å². The van der Waals surface area contributed by atoms with Gasteiger partial charge in [-0.15, -0.1) is 0 Å². The first-order valence-electron chi connectivity index (χ1n) is 11.2. The molecular formula is C25H28N2O6. The number of hydrogen-bond donors (Lipinski definition) is 4. The Bertz CT molecular complexity index is 994. The lowest BCUT2D eigenvalue weighted by molar-refractivity contribution is -0.143. The number of fused-ring (bicyclic) bond motifs is 3.